The predicted molar refractivity (Wildman–Crippen MR) is 72.6 cm³/mol. The molecule has 88 valence electrons. The Morgan fingerprint density at radius 3 is 2.71 bits per heavy atom. The molecule has 2 aromatic rings. The Balaban J connectivity index is 1.69. The van der Waals surface area contributed by atoms with Crippen LogP contribution in [0.1, 0.15) is 10.4 Å². The first-order valence-corrected chi connectivity index (χ1v) is 6.34. The Morgan fingerprint density at radius 1 is 1.18 bits per heavy atom. The number of hydrogen-bond donors (Lipinski definition) is 1. The van der Waals surface area contributed by atoms with Crippen molar-refractivity contribution in [1.82, 2.24) is 5.48 Å². The van der Waals surface area contributed by atoms with E-state index in [1.807, 2.05) is 41.8 Å². The maximum Gasteiger partial charge on any atom is 0.0933 e. The van der Waals surface area contributed by atoms with Crippen molar-refractivity contribution in [2.75, 3.05) is 6.54 Å². The van der Waals surface area contributed by atoms with Gasteiger partial charge in [0.05, 0.1) is 6.61 Å². The molecule has 0 spiro atoms. The molecule has 0 aliphatic heterocycles. The van der Waals surface area contributed by atoms with Crippen molar-refractivity contribution in [2.24, 2.45) is 0 Å². The number of thiophene rings is 1. The van der Waals surface area contributed by atoms with Crippen LogP contribution in [0.4, 0.5) is 0 Å². The summed E-state index contributed by atoms with van der Waals surface area (Å²) in [5, 5.41) is 2.05. The van der Waals surface area contributed by atoms with E-state index >= 15 is 0 Å². The van der Waals surface area contributed by atoms with E-state index in [0.29, 0.717) is 13.2 Å². The zero-order valence-corrected chi connectivity index (χ0v) is 10.4. The standard InChI is InChI=1S/C14H15NOS/c1-12(14-8-5-9-17-14)10-15-16-11-13-6-3-2-4-7-13/h2-9,15H,1,10-11H2. The topological polar surface area (TPSA) is 21.3 Å². The Labute approximate surface area is 106 Å². The van der Waals surface area contributed by atoms with Gasteiger partial charge < -0.3 is 0 Å². The van der Waals surface area contributed by atoms with Crippen LogP contribution in [0.2, 0.25) is 0 Å². The maximum absolute atomic E-state index is 5.38. The fourth-order valence-corrected chi connectivity index (χ4v) is 2.11. The van der Waals surface area contributed by atoms with Gasteiger partial charge in [0, 0.05) is 11.4 Å². The first kappa shape index (κ1) is 12.0. The van der Waals surface area contributed by atoms with Gasteiger partial charge in [0.25, 0.3) is 0 Å². The number of nitrogens with one attached hydrogen (secondary N) is 1. The van der Waals surface area contributed by atoms with Gasteiger partial charge in [0.15, 0.2) is 0 Å². The molecule has 0 atom stereocenters. The molecule has 0 aliphatic carbocycles. The minimum Gasteiger partial charge on any atom is -0.297 e. The zero-order valence-electron chi connectivity index (χ0n) is 9.56. The van der Waals surface area contributed by atoms with Gasteiger partial charge in [-0.25, -0.2) is 0 Å². The van der Waals surface area contributed by atoms with Crippen molar-refractivity contribution in [3.8, 4) is 0 Å². The summed E-state index contributed by atoms with van der Waals surface area (Å²) in [6.07, 6.45) is 0. The highest BCUT2D eigenvalue weighted by atomic mass is 32.1. The summed E-state index contributed by atoms with van der Waals surface area (Å²) in [5.41, 5.74) is 5.13. The molecule has 17 heavy (non-hydrogen) atoms. The molecule has 0 radical (unpaired) electrons. The van der Waals surface area contributed by atoms with E-state index in [9.17, 15) is 0 Å². The summed E-state index contributed by atoms with van der Waals surface area (Å²) in [6, 6.07) is 14.2. The Hall–Kier alpha value is -1.42. The first-order valence-electron chi connectivity index (χ1n) is 5.46. The van der Waals surface area contributed by atoms with Gasteiger partial charge >= 0.3 is 0 Å². The van der Waals surface area contributed by atoms with E-state index < -0.39 is 0 Å². The second-order valence-corrected chi connectivity index (χ2v) is 4.62. The van der Waals surface area contributed by atoms with Gasteiger partial charge in [-0.05, 0) is 22.6 Å². The van der Waals surface area contributed by atoms with Gasteiger partial charge in [-0.2, -0.15) is 5.48 Å². The minimum absolute atomic E-state index is 0.568. The highest BCUT2D eigenvalue weighted by Gasteiger charge is 1.99. The molecule has 0 unspecified atom stereocenters. The minimum atomic E-state index is 0.568. The third kappa shape index (κ3) is 3.82. The van der Waals surface area contributed by atoms with Gasteiger partial charge in [-0.15, -0.1) is 11.3 Å². The monoisotopic (exact) mass is 245 g/mol. The average molecular weight is 245 g/mol. The van der Waals surface area contributed by atoms with Gasteiger partial charge in [0.1, 0.15) is 0 Å². The van der Waals surface area contributed by atoms with E-state index in [1.165, 1.54) is 4.88 Å². The van der Waals surface area contributed by atoms with Crippen LogP contribution in [0.5, 0.6) is 0 Å². The number of hydroxylamine groups is 1. The van der Waals surface area contributed by atoms with Crippen LogP contribution in [0.3, 0.4) is 0 Å². The molecule has 1 N–H and O–H groups in total. The fourth-order valence-electron chi connectivity index (χ4n) is 1.41. The van der Waals surface area contributed by atoms with Crippen molar-refractivity contribution in [2.45, 2.75) is 6.61 Å². The molecule has 1 aromatic carbocycles. The van der Waals surface area contributed by atoms with Crippen molar-refractivity contribution < 1.29 is 4.84 Å². The molecule has 2 nitrogen and oxygen atoms in total. The lowest BCUT2D eigenvalue weighted by molar-refractivity contribution is 0.0365. The van der Waals surface area contributed by atoms with Crippen molar-refractivity contribution in [3.63, 3.8) is 0 Å². The van der Waals surface area contributed by atoms with Crippen LogP contribution in [0.25, 0.3) is 5.57 Å². The highest BCUT2D eigenvalue weighted by Crippen LogP contribution is 2.17. The van der Waals surface area contributed by atoms with Gasteiger partial charge in [0.2, 0.25) is 0 Å². The molecular formula is C14H15NOS. The van der Waals surface area contributed by atoms with Crippen LogP contribution in [-0.2, 0) is 11.4 Å². The van der Waals surface area contributed by atoms with Crippen LogP contribution in [0, 0.1) is 0 Å². The number of benzene rings is 1. The van der Waals surface area contributed by atoms with E-state index in [4.69, 9.17) is 4.84 Å². The zero-order chi connectivity index (χ0) is 11.9. The lowest BCUT2D eigenvalue weighted by Crippen LogP contribution is -2.16. The van der Waals surface area contributed by atoms with Gasteiger partial charge in [-0.1, -0.05) is 43.0 Å². The molecule has 0 saturated carbocycles. The van der Waals surface area contributed by atoms with E-state index in [1.54, 1.807) is 11.3 Å². The molecule has 1 heterocycles. The molecule has 0 saturated heterocycles. The smallest absolute Gasteiger partial charge is 0.0933 e. The molecule has 0 amide bonds. The van der Waals surface area contributed by atoms with Gasteiger partial charge in [-0.3, -0.25) is 4.84 Å². The molecular weight excluding hydrogens is 230 g/mol. The average Bonchev–Trinajstić information content (AvgIpc) is 2.89. The Kier molecular flexibility index (Phi) is 4.50. The third-order valence-corrected chi connectivity index (χ3v) is 3.31. The van der Waals surface area contributed by atoms with E-state index in [-0.39, 0.29) is 0 Å². The normalized spacial score (nSPS) is 10.4. The Morgan fingerprint density at radius 2 is 2.00 bits per heavy atom. The summed E-state index contributed by atoms with van der Waals surface area (Å²) < 4.78 is 0. The largest absolute Gasteiger partial charge is 0.297 e. The molecule has 3 heteroatoms. The van der Waals surface area contributed by atoms with Crippen LogP contribution in [0.15, 0.2) is 54.4 Å². The highest BCUT2D eigenvalue weighted by molar-refractivity contribution is 7.11. The summed E-state index contributed by atoms with van der Waals surface area (Å²) >= 11 is 1.69. The van der Waals surface area contributed by atoms with Crippen LogP contribution >= 0.6 is 11.3 Å². The second kappa shape index (κ2) is 6.35. The quantitative estimate of drug-likeness (QED) is 0.621. The Bertz CT molecular complexity index is 450. The SMILES string of the molecule is C=C(CNOCc1ccccc1)c1cccs1. The summed E-state index contributed by atoms with van der Waals surface area (Å²) in [5.74, 6) is 0. The molecule has 2 rings (SSSR count). The molecule has 0 fully saturated rings. The van der Waals surface area contributed by atoms with Crippen molar-refractivity contribution in [1.29, 1.82) is 0 Å². The molecule has 1 aromatic heterocycles. The second-order valence-electron chi connectivity index (χ2n) is 3.68. The van der Waals surface area contributed by atoms with Crippen LogP contribution in [-0.4, -0.2) is 6.54 Å². The number of hydrogen-bond acceptors (Lipinski definition) is 3. The van der Waals surface area contributed by atoms with E-state index in [0.717, 1.165) is 11.1 Å². The summed E-state index contributed by atoms with van der Waals surface area (Å²) in [6.45, 7) is 5.22. The molecule has 0 bridgehead atoms. The number of rotatable bonds is 6. The maximum atomic E-state index is 5.38. The predicted octanol–water partition coefficient (Wildman–Crippen LogP) is 3.48. The lowest BCUT2D eigenvalue weighted by Gasteiger charge is -2.07. The first-order chi connectivity index (χ1) is 8.36. The van der Waals surface area contributed by atoms with Crippen molar-refractivity contribution >= 4 is 16.9 Å². The third-order valence-electron chi connectivity index (χ3n) is 2.34. The molecule has 0 aliphatic rings. The summed E-state index contributed by atoms with van der Waals surface area (Å²) in [4.78, 5) is 6.58. The van der Waals surface area contributed by atoms with E-state index in [2.05, 4.69) is 18.1 Å². The van der Waals surface area contributed by atoms with Crippen LogP contribution < -0.4 is 5.48 Å². The van der Waals surface area contributed by atoms with Crippen molar-refractivity contribution in [3.05, 3.63) is 64.9 Å². The fraction of sp³-hybridized carbons (Fsp3) is 0.143. The lowest BCUT2D eigenvalue weighted by atomic mass is 10.2. The summed E-state index contributed by atoms with van der Waals surface area (Å²) in [7, 11) is 0.